The smallest absolute Gasteiger partial charge is 0.362 e. The number of likely N-dealkylation sites (N-methyl/N-ethyl adjacent to an activating group) is 1. The first-order valence-electron chi connectivity index (χ1n) is 22.8. The van der Waals surface area contributed by atoms with Crippen molar-refractivity contribution in [3.05, 3.63) is 97.2 Å². The molecule has 2 atom stereocenters. The van der Waals surface area contributed by atoms with Gasteiger partial charge in [-0.15, -0.1) is 0 Å². The van der Waals surface area contributed by atoms with Crippen LogP contribution in [0.4, 0.5) is 0 Å². The van der Waals surface area contributed by atoms with Crippen molar-refractivity contribution in [2.75, 3.05) is 41.0 Å². The number of carbonyl (C=O) groups excluding carboxylic acids is 2. The van der Waals surface area contributed by atoms with Crippen LogP contribution in [-0.4, -0.2) is 80.6 Å². The molecule has 1 N–H and O–H groups in total. The predicted molar refractivity (Wildman–Crippen MR) is 247 cm³/mol. The molecule has 0 rings (SSSR count). The molecule has 0 fully saturated rings. The van der Waals surface area contributed by atoms with E-state index in [0.717, 1.165) is 64.2 Å². The van der Waals surface area contributed by atoms with Crippen molar-refractivity contribution in [1.82, 2.24) is 0 Å². The molecule has 0 bridgehead atoms. The van der Waals surface area contributed by atoms with Gasteiger partial charge in [0.1, 0.15) is 6.61 Å². The molecule has 0 saturated carbocycles. The zero-order chi connectivity index (χ0) is 43.5. The molecule has 0 aromatic rings. The summed E-state index contributed by atoms with van der Waals surface area (Å²) in [4.78, 5) is 37.0. The van der Waals surface area contributed by atoms with Crippen molar-refractivity contribution in [2.24, 2.45) is 0 Å². The first kappa shape index (κ1) is 55.2. The number of carboxylic acid groups (broad SMARTS) is 1. The Bertz CT molecular complexity index is 1280. The lowest BCUT2D eigenvalue weighted by molar-refractivity contribution is -0.887. The van der Waals surface area contributed by atoms with Crippen molar-refractivity contribution in [2.45, 2.75) is 167 Å². The number of nitrogens with zero attached hydrogens (tertiary/aromatic N) is 1. The second-order valence-corrected chi connectivity index (χ2v) is 16.1. The molecule has 0 heterocycles. The van der Waals surface area contributed by atoms with Gasteiger partial charge >= 0.3 is 17.9 Å². The lowest BCUT2D eigenvalue weighted by atomic mass is 10.1. The Labute approximate surface area is 360 Å². The van der Waals surface area contributed by atoms with E-state index in [4.69, 9.17) is 14.2 Å². The molecule has 2 unspecified atom stereocenters. The largest absolute Gasteiger partial charge is 0.477 e. The number of quaternary nitrogens is 1. The highest BCUT2D eigenvalue weighted by molar-refractivity contribution is 5.72. The average Bonchev–Trinajstić information content (AvgIpc) is 3.19. The number of unbranched alkanes of at least 4 members (excludes halogenated alkanes) is 13. The molecule has 0 aliphatic carbocycles. The summed E-state index contributed by atoms with van der Waals surface area (Å²) in [6.07, 6.45) is 54.5. The van der Waals surface area contributed by atoms with Gasteiger partial charge in [-0.3, -0.25) is 9.59 Å². The highest BCUT2D eigenvalue weighted by Crippen LogP contribution is 2.12. The van der Waals surface area contributed by atoms with Crippen LogP contribution >= 0.6 is 0 Å². The number of hydrogen-bond donors (Lipinski definition) is 1. The van der Waals surface area contributed by atoms with E-state index in [1.165, 1.54) is 51.4 Å². The summed E-state index contributed by atoms with van der Waals surface area (Å²) < 4.78 is 17.2. The Balaban J connectivity index is 4.50. The van der Waals surface area contributed by atoms with E-state index >= 15 is 0 Å². The highest BCUT2D eigenvalue weighted by atomic mass is 16.6. The average molecular weight is 823 g/mol. The van der Waals surface area contributed by atoms with Gasteiger partial charge in [0.25, 0.3) is 0 Å². The summed E-state index contributed by atoms with van der Waals surface area (Å²) in [7, 11) is 5.49. The summed E-state index contributed by atoms with van der Waals surface area (Å²) >= 11 is 0. The van der Waals surface area contributed by atoms with Gasteiger partial charge in [-0.2, -0.15) is 0 Å². The van der Waals surface area contributed by atoms with E-state index in [-0.39, 0.29) is 49.1 Å². The van der Waals surface area contributed by atoms with Gasteiger partial charge in [0.2, 0.25) is 0 Å². The lowest BCUT2D eigenvalue weighted by Gasteiger charge is -2.31. The summed E-state index contributed by atoms with van der Waals surface area (Å²) in [5.41, 5.74) is 0. The fourth-order valence-electron chi connectivity index (χ4n) is 6.02. The van der Waals surface area contributed by atoms with Crippen LogP contribution in [0.1, 0.15) is 155 Å². The zero-order valence-electron chi connectivity index (χ0n) is 37.9. The maximum absolute atomic E-state index is 12.7. The van der Waals surface area contributed by atoms with Crippen molar-refractivity contribution in [3.63, 3.8) is 0 Å². The Morgan fingerprint density at radius 1 is 0.525 bits per heavy atom. The van der Waals surface area contributed by atoms with Crippen LogP contribution in [0.3, 0.4) is 0 Å². The predicted octanol–water partition coefficient (Wildman–Crippen LogP) is 12.7. The van der Waals surface area contributed by atoms with Crippen molar-refractivity contribution >= 4 is 17.9 Å². The molecule has 0 aromatic carbocycles. The van der Waals surface area contributed by atoms with E-state index in [1.54, 1.807) is 0 Å². The van der Waals surface area contributed by atoms with E-state index in [2.05, 4.69) is 74.6 Å². The zero-order valence-corrected chi connectivity index (χ0v) is 37.9. The van der Waals surface area contributed by atoms with Crippen molar-refractivity contribution in [3.8, 4) is 0 Å². The van der Waals surface area contributed by atoms with E-state index < -0.39 is 18.1 Å². The topological polar surface area (TPSA) is 99.1 Å². The number of ether oxygens (including phenoxy) is 3. The first-order valence-corrected chi connectivity index (χ1v) is 22.8. The molecule has 334 valence electrons. The first-order chi connectivity index (χ1) is 28.6. The molecule has 8 nitrogen and oxygen atoms in total. The fraction of sp³-hybridized carbons (Fsp3) is 0.627. The monoisotopic (exact) mass is 823 g/mol. The van der Waals surface area contributed by atoms with Gasteiger partial charge < -0.3 is 23.8 Å². The van der Waals surface area contributed by atoms with Gasteiger partial charge in [-0.05, 0) is 64.2 Å². The van der Waals surface area contributed by atoms with Gasteiger partial charge in [-0.25, -0.2) is 4.79 Å². The molecular formula is C51H84NO7+. The number of esters is 2. The minimum absolute atomic E-state index is 0.0282. The van der Waals surface area contributed by atoms with Gasteiger partial charge in [0.05, 0.1) is 34.4 Å². The van der Waals surface area contributed by atoms with Crippen molar-refractivity contribution in [1.29, 1.82) is 0 Å². The molecule has 0 radical (unpaired) electrons. The summed E-state index contributed by atoms with van der Waals surface area (Å²) in [5.74, 6) is -1.58. The number of rotatable bonds is 39. The normalized spacial score (nSPS) is 13.8. The van der Waals surface area contributed by atoms with Crippen LogP contribution in [0, 0.1) is 0 Å². The SMILES string of the molecule is CCC/C=C/C=C/C=C/C=C/C=C/CCCCCCCC(=O)OC(COCCC(C(=O)O)[N+](C)(C)C)COC(=O)CCC/C=C/C/C=C/C/C=C/CCCCCCCC. The van der Waals surface area contributed by atoms with Gasteiger partial charge in [0, 0.05) is 19.3 Å². The molecule has 8 heteroatoms. The second-order valence-electron chi connectivity index (χ2n) is 16.1. The summed E-state index contributed by atoms with van der Waals surface area (Å²) in [6, 6.07) is -0.633. The lowest BCUT2D eigenvalue weighted by Crippen LogP contribution is -2.50. The number of carboxylic acids is 1. The van der Waals surface area contributed by atoms with Crippen molar-refractivity contribution < 1.29 is 38.2 Å². The molecule has 59 heavy (non-hydrogen) atoms. The second kappa shape index (κ2) is 41.0. The van der Waals surface area contributed by atoms with Crippen LogP contribution in [0.15, 0.2) is 97.2 Å². The van der Waals surface area contributed by atoms with Crippen LogP contribution in [0.25, 0.3) is 0 Å². The number of carbonyl (C=O) groups is 3. The minimum atomic E-state index is -0.891. The summed E-state index contributed by atoms with van der Waals surface area (Å²) in [6.45, 7) is 4.54. The molecule has 0 amide bonds. The number of allylic oxidation sites excluding steroid dienone is 16. The Kier molecular flexibility index (Phi) is 38.4. The van der Waals surface area contributed by atoms with Gasteiger partial charge in [0.15, 0.2) is 12.1 Å². The molecule has 0 spiro atoms. The van der Waals surface area contributed by atoms with Crippen LogP contribution < -0.4 is 0 Å². The van der Waals surface area contributed by atoms with E-state index in [9.17, 15) is 19.5 Å². The number of aliphatic carboxylic acids is 1. The molecule has 0 aromatic heterocycles. The summed E-state index contributed by atoms with van der Waals surface area (Å²) in [5, 5.41) is 9.63. The van der Waals surface area contributed by atoms with Gasteiger partial charge in [-0.1, -0.05) is 169 Å². The van der Waals surface area contributed by atoms with E-state index in [1.807, 2.05) is 57.6 Å². The minimum Gasteiger partial charge on any atom is -0.477 e. The third-order valence-electron chi connectivity index (χ3n) is 9.57. The quantitative estimate of drug-likeness (QED) is 0.0217. The maximum atomic E-state index is 12.7. The third-order valence-corrected chi connectivity index (χ3v) is 9.57. The Morgan fingerprint density at radius 3 is 1.59 bits per heavy atom. The maximum Gasteiger partial charge on any atom is 0.362 e. The Hall–Kier alpha value is -3.75. The molecule has 0 aliphatic heterocycles. The Morgan fingerprint density at radius 2 is 1.02 bits per heavy atom. The fourth-order valence-corrected chi connectivity index (χ4v) is 6.02. The van der Waals surface area contributed by atoms with Crippen LogP contribution in [0.2, 0.25) is 0 Å². The third kappa shape index (κ3) is 39.5. The molecule has 0 aliphatic rings. The molecule has 0 saturated heterocycles. The standard InChI is InChI=1S/C51H83NO7/c1-6-8-10-12-14-16-18-20-22-24-26-28-30-32-34-36-38-40-42-50(54)59-47(45-57-44-43-48(51(55)56)52(3,4)5)46-58-49(53)41-39-37-35-33-31-29-27-25-23-21-19-17-15-13-11-9-7-2/h10,12,14,16,18,20-24,26-29,33,35,47-48H,6-9,11,13,15,17,19,25,30-32,34,36-46H2,1-5H3/p+1/b12-10+,16-14+,20-18+,23-21+,24-22+,28-26+,29-27+,35-33+. The molecular weight excluding hydrogens is 739 g/mol. The van der Waals surface area contributed by atoms with Crippen LogP contribution in [0.5, 0.6) is 0 Å². The number of hydrogen-bond acceptors (Lipinski definition) is 6. The highest BCUT2D eigenvalue weighted by Gasteiger charge is 2.31. The van der Waals surface area contributed by atoms with Crippen LogP contribution in [-0.2, 0) is 28.6 Å². The van der Waals surface area contributed by atoms with E-state index in [0.29, 0.717) is 12.8 Å².